The van der Waals surface area contributed by atoms with E-state index in [2.05, 4.69) is 0 Å². The summed E-state index contributed by atoms with van der Waals surface area (Å²) >= 11 is 0. The van der Waals surface area contributed by atoms with Crippen LogP contribution in [0, 0.1) is 5.92 Å². The Morgan fingerprint density at radius 1 is 1.07 bits per heavy atom. The fourth-order valence-corrected chi connectivity index (χ4v) is 3.45. The molecule has 1 aliphatic rings. The van der Waals surface area contributed by atoms with Crippen LogP contribution in [0.2, 0.25) is 0 Å². The van der Waals surface area contributed by atoms with Gasteiger partial charge < -0.3 is 23.7 Å². The number of methoxy groups -OCH3 is 1. The molecule has 0 aromatic heterocycles. The van der Waals surface area contributed by atoms with Crippen molar-refractivity contribution in [1.82, 2.24) is 0 Å². The molecule has 0 N–H and O–H groups in total. The van der Waals surface area contributed by atoms with Crippen LogP contribution in [0.5, 0.6) is 0 Å². The molecule has 0 spiro atoms. The van der Waals surface area contributed by atoms with Crippen molar-refractivity contribution in [3.8, 4) is 0 Å². The van der Waals surface area contributed by atoms with Crippen LogP contribution in [0.1, 0.15) is 54.4 Å². The highest BCUT2D eigenvalue weighted by Gasteiger charge is 2.53. The van der Waals surface area contributed by atoms with Gasteiger partial charge in [-0.15, -0.1) is 0 Å². The van der Waals surface area contributed by atoms with Crippen molar-refractivity contribution in [3.63, 3.8) is 0 Å². The van der Waals surface area contributed by atoms with Crippen LogP contribution >= 0.6 is 0 Å². The van der Waals surface area contributed by atoms with Gasteiger partial charge in [0, 0.05) is 33.1 Å². The number of ether oxygens (including phenoxy) is 5. The number of rotatable bonds is 7. The maximum absolute atomic E-state index is 12.4. The van der Waals surface area contributed by atoms with Gasteiger partial charge in [0.15, 0.2) is 11.7 Å². The van der Waals surface area contributed by atoms with Crippen molar-refractivity contribution in [2.24, 2.45) is 5.92 Å². The van der Waals surface area contributed by atoms with Crippen molar-refractivity contribution >= 4 is 23.9 Å². The van der Waals surface area contributed by atoms with Gasteiger partial charge in [-0.3, -0.25) is 14.4 Å². The SMILES string of the molecule is CC[C@@H](OC(C)=O)[C@@H](OC(C)=O)C1O[C@](C)(C(=O)OC)C[C@@H](OC(C)=O)[C@H]1C. The second-order valence-electron chi connectivity index (χ2n) is 7.15. The van der Waals surface area contributed by atoms with Crippen molar-refractivity contribution in [1.29, 1.82) is 0 Å². The molecular formula is C19H30O9. The first kappa shape index (κ1) is 23.9. The van der Waals surface area contributed by atoms with E-state index in [1.165, 1.54) is 34.8 Å². The fourth-order valence-electron chi connectivity index (χ4n) is 3.45. The van der Waals surface area contributed by atoms with E-state index in [1.807, 2.05) is 0 Å². The Balaban J connectivity index is 3.35. The van der Waals surface area contributed by atoms with Crippen LogP contribution in [0.4, 0.5) is 0 Å². The van der Waals surface area contributed by atoms with Gasteiger partial charge in [0.25, 0.3) is 0 Å². The smallest absolute Gasteiger partial charge is 0.338 e. The first-order valence-corrected chi connectivity index (χ1v) is 9.23. The molecule has 1 aliphatic heterocycles. The van der Waals surface area contributed by atoms with Crippen LogP contribution in [0.15, 0.2) is 0 Å². The average Bonchev–Trinajstić information content (AvgIpc) is 2.59. The first-order valence-electron chi connectivity index (χ1n) is 9.23. The molecule has 0 amide bonds. The number of esters is 4. The Morgan fingerprint density at radius 3 is 2.07 bits per heavy atom. The number of carbonyl (C=O) groups is 4. The Morgan fingerprint density at radius 2 is 1.64 bits per heavy atom. The highest BCUT2D eigenvalue weighted by Crippen LogP contribution is 2.38. The number of hydrogen-bond donors (Lipinski definition) is 0. The largest absolute Gasteiger partial charge is 0.467 e. The zero-order valence-electron chi connectivity index (χ0n) is 17.5. The van der Waals surface area contributed by atoms with Crippen LogP contribution in [-0.2, 0) is 42.9 Å². The van der Waals surface area contributed by atoms with Gasteiger partial charge in [-0.2, -0.15) is 0 Å². The second-order valence-corrected chi connectivity index (χ2v) is 7.15. The molecule has 9 nitrogen and oxygen atoms in total. The number of carbonyl (C=O) groups excluding carboxylic acids is 4. The van der Waals surface area contributed by atoms with E-state index in [0.717, 1.165) is 0 Å². The van der Waals surface area contributed by atoms with E-state index >= 15 is 0 Å². The molecule has 160 valence electrons. The highest BCUT2D eigenvalue weighted by molar-refractivity contribution is 5.79. The van der Waals surface area contributed by atoms with E-state index in [0.29, 0.717) is 6.42 Å². The average molecular weight is 402 g/mol. The van der Waals surface area contributed by atoms with Crippen LogP contribution in [-0.4, -0.2) is 61.0 Å². The van der Waals surface area contributed by atoms with Crippen LogP contribution in [0.3, 0.4) is 0 Å². The molecule has 0 radical (unpaired) electrons. The quantitative estimate of drug-likeness (QED) is 0.462. The van der Waals surface area contributed by atoms with Gasteiger partial charge in [0.2, 0.25) is 0 Å². The van der Waals surface area contributed by atoms with E-state index in [9.17, 15) is 19.2 Å². The zero-order valence-corrected chi connectivity index (χ0v) is 17.5. The summed E-state index contributed by atoms with van der Waals surface area (Å²) in [7, 11) is 1.22. The monoisotopic (exact) mass is 402 g/mol. The highest BCUT2D eigenvalue weighted by atomic mass is 16.6. The first-order chi connectivity index (χ1) is 12.9. The van der Waals surface area contributed by atoms with Crippen molar-refractivity contribution < 1.29 is 42.9 Å². The van der Waals surface area contributed by atoms with Crippen molar-refractivity contribution in [3.05, 3.63) is 0 Å². The minimum absolute atomic E-state index is 0.0774. The molecule has 9 heteroatoms. The van der Waals surface area contributed by atoms with Gasteiger partial charge in [-0.1, -0.05) is 13.8 Å². The second kappa shape index (κ2) is 9.86. The summed E-state index contributed by atoms with van der Waals surface area (Å²) in [5.74, 6) is -2.75. The lowest BCUT2D eigenvalue weighted by Crippen LogP contribution is -2.60. The van der Waals surface area contributed by atoms with Gasteiger partial charge in [0.05, 0.1) is 7.11 Å². The molecule has 1 rings (SSSR count). The Kier molecular flexibility index (Phi) is 8.41. The molecule has 0 aromatic carbocycles. The van der Waals surface area contributed by atoms with Crippen LogP contribution < -0.4 is 0 Å². The predicted octanol–water partition coefficient (Wildman–Crippen LogP) is 1.55. The minimum atomic E-state index is -1.43. The fraction of sp³-hybridized carbons (Fsp3) is 0.789. The summed E-state index contributed by atoms with van der Waals surface area (Å²) in [5.41, 5.74) is -1.43. The molecule has 1 unspecified atom stereocenters. The summed E-state index contributed by atoms with van der Waals surface area (Å²) < 4.78 is 27.0. The maximum Gasteiger partial charge on any atom is 0.338 e. The van der Waals surface area contributed by atoms with Gasteiger partial charge in [-0.05, 0) is 13.3 Å². The molecule has 0 saturated carbocycles. The lowest BCUT2D eigenvalue weighted by atomic mass is 9.80. The van der Waals surface area contributed by atoms with Crippen molar-refractivity contribution in [2.45, 2.75) is 84.4 Å². The molecule has 0 bridgehead atoms. The lowest BCUT2D eigenvalue weighted by molar-refractivity contribution is -0.243. The van der Waals surface area contributed by atoms with Crippen molar-refractivity contribution in [2.75, 3.05) is 7.11 Å². The summed E-state index contributed by atoms with van der Waals surface area (Å²) in [4.78, 5) is 47.2. The summed E-state index contributed by atoms with van der Waals surface area (Å²) in [5, 5.41) is 0. The van der Waals surface area contributed by atoms with Crippen LogP contribution in [0.25, 0.3) is 0 Å². The molecule has 0 aromatic rings. The maximum atomic E-state index is 12.4. The summed E-state index contributed by atoms with van der Waals surface area (Å²) in [6.07, 6.45) is -2.94. The van der Waals surface area contributed by atoms with E-state index in [1.54, 1.807) is 13.8 Å². The zero-order chi connectivity index (χ0) is 21.6. The minimum Gasteiger partial charge on any atom is -0.467 e. The standard InChI is InChI=1S/C19H30O9/c1-8-14(25-11(3)20)17(27-13(5)22)16-10(2)15(26-12(4)21)9-19(6,28-16)18(23)24-7/h10,14-17H,8-9H2,1-7H3/t10-,14-,15-,16?,17-,19+/m1/s1. The molecule has 0 aliphatic carbocycles. The summed E-state index contributed by atoms with van der Waals surface area (Å²) in [6.45, 7) is 8.78. The molecule has 28 heavy (non-hydrogen) atoms. The van der Waals surface area contributed by atoms with Gasteiger partial charge in [-0.25, -0.2) is 4.79 Å². The topological polar surface area (TPSA) is 114 Å². The summed E-state index contributed by atoms with van der Waals surface area (Å²) in [6, 6.07) is 0. The van der Waals surface area contributed by atoms with E-state index in [-0.39, 0.29) is 6.42 Å². The third-order valence-electron chi connectivity index (χ3n) is 4.74. The van der Waals surface area contributed by atoms with E-state index < -0.39 is 59.8 Å². The predicted molar refractivity (Wildman–Crippen MR) is 96.0 cm³/mol. The lowest BCUT2D eigenvalue weighted by Gasteiger charge is -2.47. The third kappa shape index (κ3) is 5.92. The van der Waals surface area contributed by atoms with E-state index in [4.69, 9.17) is 23.7 Å². The Bertz CT molecular complexity index is 602. The molecule has 6 atom stereocenters. The van der Waals surface area contributed by atoms with Gasteiger partial charge >= 0.3 is 23.9 Å². The Hall–Kier alpha value is -2.16. The Labute approximate surface area is 165 Å². The molecule has 1 fully saturated rings. The normalized spacial score (nSPS) is 29.2. The van der Waals surface area contributed by atoms with Gasteiger partial charge in [0.1, 0.15) is 18.3 Å². The third-order valence-corrected chi connectivity index (χ3v) is 4.74. The molecule has 1 heterocycles. The number of hydrogen-bond acceptors (Lipinski definition) is 9. The molecular weight excluding hydrogens is 372 g/mol. The molecule has 1 saturated heterocycles.